The molecule has 1 aliphatic heterocycles. The number of hydrogen-bond acceptors (Lipinski definition) is 3. The molecule has 1 aromatic carbocycles. The molecule has 0 spiro atoms. The standard InChI is InChI=1S/C16H23NO3/c1-2-20-15-10-6-5-9-14(15)16(19)17-11-7-3-4-8-13(17)12-18/h5-6,9-10,13,18H,2-4,7-8,11-12H2,1H3. The van der Waals surface area contributed by atoms with Gasteiger partial charge in [-0.3, -0.25) is 4.79 Å². The Balaban J connectivity index is 2.24. The van der Waals surface area contributed by atoms with Crippen molar-refractivity contribution in [1.29, 1.82) is 0 Å². The number of ether oxygens (including phenoxy) is 1. The van der Waals surface area contributed by atoms with Gasteiger partial charge in [0, 0.05) is 6.54 Å². The van der Waals surface area contributed by atoms with E-state index in [-0.39, 0.29) is 18.6 Å². The van der Waals surface area contributed by atoms with Crippen molar-refractivity contribution >= 4 is 5.91 Å². The van der Waals surface area contributed by atoms with Crippen LogP contribution in [0.25, 0.3) is 0 Å². The minimum atomic E-state index is -0.0697. The molecule has 0 aliphatic carbocycles. The van der Waals surface area contributed by atoms with E-state index in [0.29, 0.717) is 24.5 Å². The van der Waals surface area contributed by atoms with Gasteiger partial charge in [0.1, 0.15) is 5.75 Å². The lowest BCUT2D eigenvalue weighted by atomic mass is 10.1. The lowest BCUT2D eigenvalue weighted by Crippen LogP contribution is -2.42. The fraction of sp³-hybridized carbons (Fsp3) is 0.562. The fourth-order valence-corrected chi connectivity index (χ4v) is 2.71. The smallest absolute Gasteiger partial charge is 0.257 e. The summed E-state index contributed by atoms with van der Waals surface area (Å²) in [5, 5.41) is 9.53. The molecule has 1 aliphatic rings. The Hall–Kier alpha value is -1.55. The van der Waals surface area contributed by atoms with E-state index in [1.54, 1.807) is 6.07 Å². The average molecular weight is 277 g/mol. The molecule has 1 heterocycles. The molecule has 0 radical (unpaired) electrons. The van der Waals surface area contributed by atoms with E-state index in [9.17, 15) is 9.90 Å². The minimum absolute atomic E-state index is 0.0303. The second kappa shape index (κ2) is 7.29. The van der Waals surface area contributed by atoms with Crippen LogP contribution in [0.5, 0.6) is 5.75 Å². The third-order valence-electron chi connectivity index (χ3n) is 3.77. The number of likely N-dealkylation sites (tertiary alicyclic amines) is 1. The molecule has 1 fully saturated rings. The van der Waals surface area contributed by atoms with Crippen LogP contribution in [0.2, 0.25) is 0 Å². The summed E-state index contributed by atoms with van der Waals surface area (Å²) in [5.41, 5.74) is 0.592. The number of benzene rings is 1. The van der Waals surface area contributed by atoms with Crippen molar-refractivity contribution in [2.24, 2.45) is 0 Å². The summed E-state index contributed by atoms with van der Waals surface area (Å²) in [5.74, 6) is 0.593. The molecule has 20 heavy (non-hydrogen) atoms. The number of aliphatic hydroxyl groups is 1. The van der Waals surface area contributed by atoms with Gasteiger partial charge in [-0.15, -0.1) is 0 Å². The Morgan fingerprint density at radius 2 is 2.15 bits per heavy atom. The molecule has 0 bridgehead atoms. The van der Waals surface area contributed by atoms with Crippen molar-refractivity contribution in [3.63, 3.8) is 0 Å². The molecule has 1 atom stereocenters. The minimum Gasteiger partial charge on any atom is -0.493 e. The van der Waals surface area contributed by atoms with E-state index in [2.05, 4.69) is 0 Å². The van der Waals surface area contributed by atoms with Crippen LogP contribution in [0.3, 0.4) is 0 Å². The van der Waals surface area contributed by atoms with E-state index in [4.69, 9.17) is 4.74 Å². The molecule has 0 aromatic heterocycles. The molecule has 1 aromatic rings. The van der Waals surface area contributed by atoms with Gasteiger partial charge in [0.05, 0.1) is 24.8 Å². The molecule has 1 saturated heterocycles. The van der Waals surface area contributed by atoms with Crippen molar-refractivity contribution in [2.75, 3.05) is 19.8 Å². The number of amides is 1. The SMILES string of the molecule is CCOc1ccccc1C(=O)N1CCCCCC1CO. The van der Waals surface area contributed by atoms with Gasteiger partial charge in [-0.2, -0.15) is 0 Å². The largest absolute Gasteiger partial charge is 0.493 e. The van der Waals surface area contributed by atoms with Crippen LogP contribution in [0, 0.1) is 0 Å². The summed E-state index contributed by atoms with van der Waals surface area (Å²) in [4.78, 5) is 14.6. The van der Waals surface area contributed by atoms with Crippen molar-refractivity contribution in [3.05, 3.63) is 29.8 Å². The number of carbonyl (C=O) groups excluding carboxylic acids is 1. The molecule has 0 saturated carbocycles. The Bertz CT molecular complexity index is 447. The van der Waals surface area contributed by atoms with Gasteiger partial charge in [-0.25, -0.2) is 0 Å². The van der Waals surface area contributed by atoms with E-state index in [1.807, 2.05) is 30.0 Å². The highest BCUT2D eigenvalue weighted by Gasteiger charge is 2.27. The first kappa shape index (κ1) is 14.9. The third-order valence-corrected chi connectivity index (χ3v) is 3.77. The molecule has 2 rings (SSSR count). The van der Waals surface area contributed by atoms with Crippen LogP contribution in [0.4, 0.5) is 0 Å². The second-order valence-electron chi connectivity index (χ2n) is 5.11. The summed E-state index contributed by atoms with van der Waals surface area (Å²) in [6.45, 7) is 3.19. The molecule has 110 valence electrons. The Morgan fingerprint density at radius 3 is 2.90 bits per heavy atom. The topological polar surface area (TPSA) is 49.8 Å². The first-order valence-corrected chi connectivity index (χ1v) is 7.41. The highest BCUT2D eigenvalue weighted by molar-refractivity contribution is 5.97. The zero-order valence-electron chi connectivity index (χ0n) is 12.0. The zero-order chi connectivity index (χ0) is 14.4. The first-order chi connectivity index (χ1) is 9.77. The van der Waals surface area contributed by atoms with Gasteiger partial charge in [-0.1, -0.05) is 25.0 Å². The fourth-order valence-electron chi connectivity index (χ4n) is 2.71. The quantitative estimate of drug-likeness (QED) is 0.919. The van der Waals surface area contributed by atoms with Gasteiger partial charge >= 0.3 is 0 Å². The van der Waals surface area contributed by atoms with Crippen molar-refractivity contribution in [1.82, 2.24) is 4.90 Å². The molecule has 4 heteroatoms. The van der Waals surface area contributed by atoms with Gasteiger partial charge in [-0.05, 0) is 31.9 Å². The first-order valence-electron chi connectivity index (χ1n) is 7.41. The summed E-state index contributed by atoms with van der Waals surface area (Å²) in [6.07, 6.45) is 4.06. The maximum atomic E-state index is 12.8. The second-order valence-corrected chi connectivity index (χ2v) is 5.11. The number of carbonyl (C=O) groups is 1. The maximum absolute atomic E-state index is 12.8. The number of hydrogen-bond donors (Lipinski definition) is 1. The van der Waals surface area contributed by atoms with Crippen LogP contribution in [0.1, 0.15) is 43.0 Å². The summed E-state index contributed by atoms with van der Waals surface area (Å²) in [7, 11) is 0. The third kappa shape index (κ3) is 3.31. The number of nitrogens with zero attached hydrogens (tertiary/aromatic N) is 1. The number of aliphatic hydroxyl groups excluding tert-OH is 1. The van der Waals surface area contributed by atoms with E-state index >= 15 is 0 Å². The Kier molecular flexibility index (Phi) is 5.41. The molecule has 1 unspecified atom stereocenters. The molecular weight excluding hydrogens is 254 g/mol. The normalized spacial score (nSPS) is 19.5. The lowest BCUT2D eigenvalue weighted by molar-refractivity contribution is 0.0596. The maximum Gasteiger partial charge on any atom is 0.257 e. The monoisotopic (exact) mass is 277 g/mol. The molecule has 4 nitrogen and oxygen atoms in total. The molecular formula is C16H23NO3. The lowest BCUT2D eigenvalue weighted by Gasteiger charge is -2.29. The van der Waals surface area contributed by atoms with Crippen molar-refractivity contribution in [3.8, 4) is 5.75 Å². The highest BCUT2D eigenvalue weighted by atomic mass is 16.5. The van der Waals surface area contributed by atoms with Crippen LogP contribution < -0.4 is 4.74 Å². The highest BCUT2D eigenvalue weighted by Crippen LogP contribution is 2.24. The van der Waals surface area contributed by atoms with Gasteiger partial charge < -0.3 is 14.7 Å². The summed E-state index contributed by atoms with van der Waals surface area (Å²) >= 11 is 0. The van der Waals surface area contributed by atoms with Crippen LogP contribution in [0.15, 0.2) is 24.3 Å². The van der Waals surface area contributed by atoms with Crippen molar-refractivity contribution < 1.29 is 14.6 Å². The predicted molar refractivity (Wildman–Crippen MR) is 78.0 cm³/mol. The predicted octanol–water partition coefficient (Wildman–Crippen LogP) is 2.46. The summed E-state index contributed by atoms with van der Waals surface area (Å²) < 4.78 is 5.54. The molecule has 1 amide bonds. The van der Waals surface area contributed by atoms with Crippen LogP contribution in [-0.2, 0) is 0 Å². The summed E-state index contributed by atoms with van der Waals surface area (Å²) in [6, 6.07) is 7.27. The van der Waals surface area contributed by atoms with E-state index in [1.165, 1.54) is 0 Å². The average Bonchev–Trinajstić information content (AvgIpc) is 2.72. The van der Waals surface area contributed by atoms with E-state index < -0.39 is 0 Å². The van der Waals surface area contributed by atoms with Crippen LogP contribution >= 0.6 is 0 Å². The van der Waals surface area contributed by atoms with Gasteiger partial charge in [0.15, 0.2) is 0 Å². The van der Waals surface area contributed by atoms with Gasteiger partial charge in [0.25, 0.3) is 5.91 Å². The zero-order valence-corrected chi connectivity index (χ0v) is 12.0. The Morgan fingerprint density at radius 1 is 1.35 bits per heavy atom. The van der Waals surface area contributed by atoms with Crippen molar-refractivity contribution in [2.45, 2.75) is 38.6 Å². The van der Waals surface area contributed by atoms with E-state index in [0.717, 1.165) is 25.7 Å². The van der Waals surface area contributed by atoms with Gasteiger partial charge in [0.2, 0.25) is 0 Å². The number of rotatable bonds is 4. The number of para-hydroxylation sites is 1. The van der Waals surface area contributed by atoms with Crippen LogP contribution in [-0.4, -0.2) is 41.7 Å². The molecule has 1 N–H and O–H groups in total. The Labute approximate surface area is 120 Å².